The van der Waals surface area contributed by atoms with Gasteiger partial charge in [-0.2, -0.15) is 12.7 Å². The Hall–Kier alpha value is -2.59. The van der Waals surface area contributed by atoms with Gasteiger partial charge in [0.25, 0.3) is 10.2 Å². The Morgan fingerprint density at radius 3 is 2.59 bits per heavy atom. The van der Waals surface area contributed by atoms with Gasteiger partial charge >= 0.3 is 0 Å². The first-order valence-electron chi connectivity index (χ1n) is 11.6. The van der Waals surface area contributed by atoms with Crippen LogP contribution in [0.4, 0.5) is 0 Å². The summed E-state index contributed by atoms with van der Waals surface area (Å²) in [7, 11) is -2.09. The first kappa shape index (κ1) is 24.5. The minimum absolute atomic E-state index is 0.153. The number of ether oxygens (including phenoxy) is 3. The lowest BCUT2D eigenvalue weighted by atomic mass is 9.91. The second-order valence-corrected chi connectivity index (χ2v) is 10.4. The molecule has 0 radical (unpaired) electrons. The number of H-pyrrole nitrogens is 1. The van der Waals surface area contributed by atoms with Gasteiger partial charge in [-0.1, -0.05) is 24.3 Å². The van der Waals surface area contributed by atoms with Gasteiger partial charge in [-0.15, -0.1) is 0 Å². The van der Waals surface area contributed by atoms with E-state index in [1.807, 2.05) is 69.4 Å². The van der Waals surface area contributed by atoms with Gasteiger partial charge in [-0.05, 0) is 50.1 Å². The number of aromatic nitrogens is 1. The van der Waals surface area contributed by atoms with Crippen molar-refractivity contribution in [3.8, 4) is 11.5 Å². The van der Waals surface area contributed by atoms with Gasteiger partial charge < -0.3 is 19.2 Å². The fraction of sp³-hybridized carbons (Fsp3) is 0.440. The minimum atomic E-state index is -3.69. The molecule has 3 atom stereocenters. The number of morpholine rings is 1. The summed E-state index contributed by atoms with van der Waals surface area (Å²) in [5, 5.41) is 1.05. The van der Waals surface area contributed by atoms with Crippen molar-refractivity contribution in [3.05, 3.63) is 59.8 Å². The van der Waals surface area contributed by atoms with Crippen LogP contribution >= 0.6 is 0 Å². The highest BCUT2D eigenvalue weighted by molar-refractivity contribution is 7.87. The zero-order valence-electron chi connectivity index (χ0n) is 20.1. The van der Waals surface area contributed by atoms with E-state index in [9.17, 15) is 8.42 Å². The fourth-order valence-corrected chi connectivity index (χ4v) is 5.94. The molecule has 0 spiro atoms. The van der Waals surface area contributed by atoms with Crippen molar-refractivity contribution in [2.45, 2.75) is 38.9 Å². The van der Waals surface area contributed by atoms with Crippen LogP contribution in [0, 0.1) is 0 Å². The maximum atomic E-state index is 13.2. The Labute approximate surface area is 201 Å². The van der Waals surface area contributed by atoms with E-state index in [1.54, 1.807) is 7.11 Å². The van der Waals surface area contributed by atoms with Crippen LogP contribution in [0.1, 0.15) is 37.8 Å². The average molecular weight is 488 g/mol. The summed E-state index contributed by atoms with van der Waals surface area (Å²) < 4.78 is 47.7. The molecular weight excluding hydrogens is 454 g/mol. The van der Waals surface area contributed by atoms with Gasteiger partial charge in [0.2, 0.25) is 0 Å². The van der Waals surface area contributed by atoms with Gasteiger partial charge in [0.15, 0.2) is 11.5 Å². The SMILES string of the molecule is CCOc1ccc([C@H](CNS(=O)(=O)N2C[C@H](C)O[C@@H](C)C2)c2c[nH]c3ccccc23)cc1OC. The largest absolute Gasteiger partial charge is 0.493 e. The smallest absolute Gasteiger partial charge is 0.279 e. The number of rotatable bonds is 9. The summed E-state index contributed by atoms with van der Waals surface area (Å²) in [5.41, 5.74) is 2.93. The maximum Gasteiger partial charge on any atom is 0.279 e. The molecule has 2 N–H and O–H groups in total. The Morgan fingerprint density at radius 2 is 1.88 bits per heavy atom. The van der Waals surface area contributed by atoms with E-state index in [2.05, 4.69) is 9.71 Å². The molecule has 1 aliphatic heterocycles. The average Bonchev–Trinajstić information content (AvgIpc) is 3.23. The first-order chi connectivity index (χ1) is 16.3. The molecule has 0 unspecified atom stereocenters. The van der Waals surface area contributed by atoms with Crippen LogP contribution in [0.15, 0.2) is 48.7 Å². The van der Waals surface area contributed by atoms with Crippen molar-refractivity contribution in [1.82, 2.24) is 14.0 Å². The monoisotopic (exact) mass is 487 g/mol. The Balaban J connectivity index is 1.68. The predicted octanol–water partition coefficient (Wildman–Crippen LogP) is 3.65. The number of nitrogens with one attached hydrogen (secondary N) is 2. The van der Waals surface area contributed by atoms with E-state index in [0.29, 0.717) is 31.2 Å². The predicted molar refractivity (Wildman–Crippen MR) is 133 cm³/mol. The molecule has 0 bridgehead atoms. The fourth-order valence-electron chi connectivity index (χ4n) is 4.57. The van der Waals surface area contributed by atoms with E-state index in [1.165, 1.54) is 4.31 Å². The van der Waals surface area contributed by atoms with E-state index in [0.717, 1.165) is 22.0 Å². The van der Waals surface area contributed by atoms with Crippen molar-refractivity contribution in [3.63, 3.8) is 0 Å². The third kappa shape index (κ3) is 5.22. The number of fused-ring (bicyclic) bond motifs is 1. The molecule has 1 aromatic heterocycles. The summed E-state index contributed by atoms with van der Waals surface area (Å²) in [6.45, 7) is 7.07. The summed E-state index contributed by atoms with van der Waals surface area (Å²) in [6, 6.07) is 13.8. The van der Waals surface area contributed by atoms with Gasteiger partial charge in [0.05, 0.1) is 25.9 Å². The number of hydrogen-bond acceptors (Lipinski definition) is 5. The lowest BCUT2D eigenvalue weighted by Gasteiger charge is -2.34. The van der Waals surface area contributed by atoms with Gasteiger partial charge in [-0.3, -0.25) is 0 Å². The van der Waals surface area contributed by atoms with Crippen LogP contribution in [0.25, 0.3) is 10.9 Å². The Morgan fingerprint density at radius 1 is 1.15 bits per heavy atom. The van der Waals surface area contributed by atoms with Gasteiger partial charge in [0.1, 0.15) is 0 Å². The minimum Gasteiger partial charge on any atom is -0.493 e. The maximum absolute atomic E-state index is 13.2. The lowest BCUT2D eigenvalue weighted by molar-refractivity contribution is -0.0443. The van der Waals surface area contributed by atoms with Crippen molar-refractivity contribution in [2.24, 2.45) is 0 Å². The molecule has 0 amide bonds. The molecule has 34 heavy (non-hydrogen) atoms. The zero-order chi connectivity index (χ0) is 24.3. The van der Waals surface area contributed by atoms with Crippen LogP contribution in [-0.4, -0.2) is 63.3 Å². The highest BCUT2D eigenvalue weighted by Gasteiger charge is 2.32. The quantitative estimate of drug-likeness (QED) is 0.481. The topological polar surface area (TPSA) is 92.9 Å². The molecule has 2 heterocycles. The molecule has 9 heteroatoms. The van der Waals surface area contributed by atoms with Crippen LogP contribution in [0.5, 0.6) is 11.5 Å². The normalized spacial score (nSPS) is 20.4. The molecule has 0 aliphatic carbocycles. The van der Waals surface area contributed by atoms with Crippen LogP contribution in [0.3, 0.4) is 0 Å². The molecule has 1 aliphatic rings. The Bertz CT molecular complexity index is 1220. The van der Waals surface area contributed by atoms with Crippen molar-refractivity contribution >= 4 is 21.1 Å². The summed E-state index contributed by atoms with van der Waals surface area (Å²) in [4.78, 5) is 3.31. The molecule has 2 aromatic carbocycles. The molecular formula is C25H33N3O5S. The summed E-state index contributed by atoms with van der Waals surface area (Å²) in [6.07, 6.45) is 1.64. The van der Waals surface area contributed by atoms with Crippen LogP contribution in [0.2, 0.25) is 0 Å². The zero-order valence-corrected chi connectivity index (χ0v) is 20.9. The van der Waals surface area contributed by atoms with Crippen molar-refractivity contribution in [2.75, 3.05) is 33.4 Å². The number of methoxy groups -OCH3 is 1. The second-order valence-electron chi connectivity index (χ2n) is 8.61. The number of nitrogens with zero attached hydrogens (tertiary/aromatic N) is 1. The number of para-hydroxylation sites is 1. The molecule has 3 aromatic rings. The van der Waals surface area contributed by atoms with Crippen LogP contribution in [-0.2, 0) is 14.9 Å². The van der Waals surface area contributed by atoms with E-state index < -0.39 is 10.2 Å². The number of aromatic amines is 1. The van der Waals surface area contributed by atoms with Crippen molar-refractivity contribution in [1.29, 1.82) is 0 Å². The summed E-state index contributed by atoms with van der Waals surface area (Å²) in [5.74, 6) is 1.03. The molecule has 184 valence electrons. The van der Waals surface area contributed by atoms with E-state index >= 15 is 0 Å². The molecule has 0 saturated carbocycles. The molecule has 1 saturated heterocycles. The van der Waals surface area contributed by atoms with Gasteiger partial charge in [-0.25, -0.2) is 4.72 Å². The first-order valence-corrected chi connectivity index (χ1v) is 13.0. The third-order valence-corrected chi connectivity index (χ3v) is 7.59. The highest BCUT2D eigenvalue weighted by Crippen LogP contribution is 2.36. The van der Waals surface area contributed by atoms with Crippen molar-refractivity contribution < 1.29 is 22.6 Å². The highest BCUT2D eigenvalue weighted by atomic mass is 32.2. The van der Waals surface area contributed by atoms with E-state index in [-0.39, 0.29) is 24.7 Å². The molecule has 4 rings (SSSR count). The third-order valence-electron chi connectivity index (χ3n) is 6.08. The van der Waals surface area contributed by atoms with Gasteiger partial charge in [0, 0.05) is 42.7 Å². The number of benzene rings is 2. The second kappa shape index (κ2) is 10.4. The van der Waals surface area contributed by atoms with E-state index in [4.69, 9.17) is 14.2 Å². The Kier molecular flexibility index (Phi) is 7.47. The standard InChI is InChI=1S/C25H33N3O5S/c1-5-32-24-11-10-19(12-25(24)31-4)21(22-13-26-23-9-7-6-8-20(22)23)14-27-34(29,30)28-15-17(2)33-18(3)16-28/h6-13,17-18,21,26-27H,5,14-16H2,1-4H3/t17-,18-,21-/m0/s1. The number of hydrogen-bond donors (Lipinski definition) is 2. The lowest BCUT2D eigenvalue weighted by Crippen LogP contribution is -2.52. The molecule has 1 fully saturated rings. The molecule has 8 nitrogen and oxygen atoms in total. The summed E-state index contributed by atoms with van der Waals surface area (Å²) >= 11 is 0. The van der Waals surface area contributed by atoms with Crippen LogP contribution < -0.4 is 14.2 Å².